The topological polar surface area (TPSA) is 72.8 Å². The van der Waals surface area contributed by atoms with Gasteiger partial charge in [-0.05, 0) is 105 Å². The summed E-state index contributed by atoms with van der Waals surface area (Å²) in [6, 6.07) is 20.5. The van der Waals surface area contributed by atoms with Crippen LogP contribution in [0.25, 0.3) is 11.1 Å². The van der Waals surface area contributed by atoms with E-state index in [0.717, 1.165) is 29.7 Å². The highest BCUT2D eigenvalue weighted by Gasteiger charge is 2.28. The van der Waals surface area contributed by atoms with E-state index < -0.39 is 17.9 Å². The van der Waals surface area contributed by atoms with Crippen molar-refractivity contribution >= 4 is 17.9 Å². The third-order valence-electron chi connectivity index (χ3n) is 6.86. The number of halogens is 1. The van der Waals surface area contributed by atoms with Crippen molar-refractivity contribution in [2.75, 3.05) is 20.1 Å². The minimum absolute atomic E-state index is 0.0594. The van der Waals surface area contributed by atoms with Crippen LogP contribution in [-0.2, 0) is 12.8 Å². The van der Waals surface area contributed by atoms with E-state index >= 15 is 0 Å². The van der Waals surface area contributed by atoms with Gasteiger partial charge >= 0.3 is 5.97 Å². The molecule has 3 aromatic rings. The summed E-state index contributed by atoms with van der Waals surface area (Å²) in [7, 11) is 1.95. The van der Waals surface area contributed by atoms with Crippen molar-refractivity contribution in [2.45, 2.75) is 49.6 Å². The van der Waals surface area contributed by atoms with Crippen molar-refractivity contribution in [3.05, 3.63) is 89.2 Å². The highest BCUT2D eigenvalue weighted by Crippen LogP contribution is 2.32. The first kappa shape index (κ1) is 27.3. The van der Waals surface area contributed by atoms with Gasteiger partial charge in [-0.1, -0.05) is 42.5 Å². The van der Waals surface area contributed by atoms with Crippen LogP contribution in [0.15, 0.2) is 71.6 Å². The van der Waals surface area contributed by atoms with Crippen LogP contribution in [0.5, 0.6) is 0 Å². The molecule has 0 fully saturated rings. The van der Waals surface area contributed by atoms with E-state index in [1.807, 2.05) is 35.6 Å². The van der Waals surface area contributed by atoms with Gasteiger partial charge in [0.25, 0.3) is 0 Å². The van der Waals surface area contributed by atoms with Crippen LogP contribution in [0.3, 0.4) is 0 Å². The number of nitrogens with zero attached hydrogens (tertiary/aromatic N) is 1. The molecule has 0 aliphatic heterocycles. The van der Waals surface area contributed by atoms with Crippen LogP contribution in [0.1, 0.15) is 41.8 Å². The molecular weight excluding hydrogens is 487 g/mol. The number of carboxylic acid groups (broad SMARTS) is 1. The molecule has 5 nitrogen and oxygen atoms in total. The summed E-state index contributed by atoms with van der Waals surface area (Å²) < 4.78 is 15.7. The van der Waals surface area contributed by atoms with E-state index in [0.29, 0.717) is 24.6 Å². The van der Waals surface area contributed by atoms with Gasteiger partial charge in [0.15, 0.2) is 0 Å². The maximum atomic E-state index is 13.7. The number of benzene rings is 3. The predicted molar refractivity (Wildman–Crippen MR) is 147 cm³/mol. The molecule has 1 aliphatic rings. The van der Waals surface area contributed by atoms with Gasteiger partial charge in [0.2, 0.25) is 0 Å². The number of hydrogen-bond donors (Lipinski definition) is 3. The molecule has 0 saturated carbocycles. The van der Waals surface area contributed by atoms with Gasteiger partial charge in [0.1, 0.15) is 5.82 Å². The molecule has 0 bridgehead atoms. The smallest absolute Gasteiger partial charge is 0.338 e. The molecule has 1 atom stereocenters. The van der Waals surface area contributed by atoms with Crippen molar-refractivity contribution in [1.82, 2.24) is 9.62 Å². The first-order chi connectivity index (χ1) is 17.6. The van der Waals surface area contributed by atoms with Crippen molar-refractivity contribution in [3.8, 4) is 11.1 Å². The molecule has 7 heteroatoms. The lowest BCUT2D eigenvalue weighted by molar-refractivity contribution is 0.0692. The molecule has 0 amide bonds. The number of β-amino-alcohol motifs (C(OH)–C–C–N with tert-alkyl or cyclic N) is 1. The van der Waals surface area contributed by atoms with E-state index in [1.54, 1.807) is 6.07 Å². The van der Waals surface area contributed by atoms with Crippen molar-refractivity contribution < 1.29 is 19.4 Å². The van der Waals surface area contributed by atoms with Crippen LogP contribution in [0, 0.1) is 11.7 Å². The summed E-state index contributed by atoms with van der Waals surface area (Å²) in [5, 5.41) is 23.4. The highest BCUT2D eigenvalue weighted by atomic mass is 32.2. The van der Waals surface area contributed by atoms with Crippen molar-refractivity contribution in [1.29, 1.82) is 0 Å². The molecule has 37 heavy (non-hydrogen) atoms. The number of rotatable bonds is 11. The number of aliphatic hydroxyl groups is 1. The Morgan fingerprint density at radius 3 is 2.32 bits per heavy atom. The molecule has 0 radical (unpaired) electrons. The molecule has 0 heterocycles. The molecule has 0 unspecified atom stereocenters. The van der Waals surface area contributed by atoms with Gasteiger partial charge < -0.3 is 15.5 Å². The Hall–Kier alpha value is -2.71. The minimum atomic E-state index is -1.28. The van der Waals surface area contributed by atoms with Crippen LogP contribution in [-0.4, -0.2) is 52.3 Å². The van der Waals surface area contributed by atoms with Gasteiger partial charge in [-0.2, -0.15) is 0 Å². The fraction of sp³-hybridized carbons (Fsp3) is 0.367. The zero-order chi connectivity index (χ0) is 26.6. The lowest BCUT2D eigenvalue weighted by Gasteiger charge is -2.31. The summed E-state index contributed by atoms with van der Waals surface area (Å²) in [6.45, 7) is 5.45. The van der Waals surface area contributed by atoms with E-state index in [4.69, 9.17) is 5.11 Å². The van der Waals surface area contributed by atoms with Crippen LogP contribution in [0.4, 0.5) is 4.39 Å². The summed E-state index contributed by atoms with van der Waals surface area (Å²) in [4.78, 5) is 12.2. The van der Waals surface area contributed by atoms with E-state index in [9.17, 15) is 14.3 Å². The van der Waals surface area contributed by atoms with Crippen LogP contribution in [0.2, 0.25) is 0 Å². The summed E-state index contributed by atoms with van der Waals surface area (Å²) in [5.41, 5.74) is 4.00. The summed E-state index contributed by atoms with van der Waals surface area (Å²) >= 11 is 1.53. The molecule has 1 aliphatic carbocycles. The molecule has 0 spiro atoms. The normalized spacial score (nSPS) is 14.6. The summed E-state index contributed by atoms with van der Waals surface area (Å²) in [5.74, 6) is -1.40. The number of aromatic carboxylic acids is 1. The number of fused-ring (bicyclic) bond motifs is 1. The van der Waals surface area contributed by atoms with E-state index in [2.05, 4.69) is 43.4 Å². The van der Waals surface area contributed by atoms with Crippen LogP contribution < -0.4 is 5.32 Å². The Kier molecular flexibility index (Phi) is 8.70. The molecule has 4 rings (SSSR count). The van der Waals surface area contributed by atoms with Gasteiger partial charge in [0.05, 0.1) is 11.7 Å². The second-order valence-corrected chi connectivity index (χ2v) is 11.9. The number of nitrogens with one attached hydrogen (secondary N) is 1. The zero-order valence-corrected chi connectivity index (χ0v) is 22.4. The van der Waals surface area contributed by atoms with E-state index in [-0.39, 0.29) is 11.1 Å². The maximum absolute atomic E-state index is 13.7. The van der Waals surface area contributed by atoms with Gasteiger partial charge in [-0.15, -0.1) is 0 Å². The Morgan fingerprint density at radius 1 is 1.08 bits per heavy atom. The predicted octanol–water partition coefficient (Wildman–Crippen LogP) is 5.66. The fourth-order valence-electron chi connectivity index (χ4n) is 5.14. The largest absolute Gasteiger partial charge is 0.478 e. The standard InChI is InChI=1S/C30H35FN2O3S/c1-30(2,17-20-14-22-6-4-5-7-23(22)15-20)32-18-25(34)19-33(3)37-26-11-8-21(9-12-26)24-10-13-28(31)27(16-24)29(35)36/h4-13,16,20,25,32,34H,14-15,17-19H2,1-3H3,(H,35,36)/t25-/m1/s1. The number of aliphatic hydroxyl groups excluding tert-OH is 1. The SMILES string of the molecule is CN(C[C@H](O)CNC(C)(C)CC1Cc2ccccc2C1)Sc1ccc(-c2ccc(F)c(C(=O)O)c2)cc1. The van der Waals surface area contributed by atoms with Crippen molar-refractivity contribution in [3.63, 3.8) is 0 Å². The zero-order valence-electron chi connectivity index (χ0n) is 21.6. The van der Waals surface area contributed by atoms with Gasteiger partial charge in [-0.25, -0.2) is 13.5 Å². The second kappa shape index (κ2) is 11.8. The maximum Gasteiger partial charge on any atom is 0.338 e. The second-order valence-electron chi connectivity index (χ2n) is 10.6. The monoisotopic (exact) mass is 522 g/mol. The van der Waals surface area contributed by atoms with Crippen molar-refractivity contribution in [2.24, 2.45) is 5.92 Å². The number of hydrogen-bond acceptors (Lipinski definition) is 5. The first-order valence-corrected chi connectivity index (χ1v) is 13.4. The Balaban J connectivity index is 1.23. The van der Waals surface area contributed by atoms with E-state index in [1.165, 1.54) is 35.2 Å². The number of carboxylic acids is 1. The molecule has 3 N–H and O–H groups in total. The molecule has 3 aromatic carbocycles. The fourth-order valence-corrected chi connectivity index (χ4v) is 6.00. The lowest BCUT2D eigenvalue weighted by atomic mass is 9.88. The number of likely N-dealkylation sites (N-methyl/N-ethyl adjacent to an activating group) is 1. The minimum Gasteiger partial charge on any atom is -0.478 e. The van der Waals surface area contributed by atoms with Gasteiger partial charge in [0, 0.05) is 23.5 Å². The Morgan fingerprint density at radius 2 is 1.70 bits per heavy atom. The Labute approximate surface area is 222 Å². The average Bonchev–Trinajstić information content (AvgIpc) is 3.25. The number of carbonyl (C=O) groups is 1. The Bertz CT molecular complexity index is 1210. The highest BCUT2D eigenvalue weighted by molar-refractivity contribution is 7.97. The molecule has 0 aromatic heterocycles. The third-order valence-corrected chi connectivity index (χ3v) is 7.81. The first-order valence-electron chi connectivity index (χ1n) is 12.6. The molecule has 0 saturated heterocycles. The third kappa shape index (κ3) is 7.42. The molecule has 196 valence electrons. The summed E-state index contributed by atoms with van der Waals surface area (Å²) in [6.07, 6.45) is 2.81. The van der Waals surface area contributed by atoms with Gasteiger partial charge in [-0.3, -0.25) is 0 Å². The van der Waals surface area contributed by atoms with Crippen LogP contribution >= 0.6 is 11.9 Å². The quantitative estimate of drug-likeness (QED) is 0.282. The molecular formula is C30H35FN2O3S. The average molecular weight is 523 g/mol. The lowest BCUT2D eigenvalue weighted by Crippen LogP contribution is -2.46.